The van der Waals surface area contributed by atoms with Gasteiger partial charge in [0.25, 0.3) is 5.91 Å². The summed E-state index contributed by atoms with van der Waals surface area (Å²) in [5.41, 5.74) is 0.563. The number of nitrogens with zero attached hydrogens (tertiary/aromatic N) is 1. The molecule has 1 saturated heterocycles. The maximum absolute atomic E-state index is 12.7. The van der Waals surface area contributed by atoms with Crippen molar-refractivity contribution in [2.45, 2.75) is 19.0 Å². The minimum absolute atomic E-state index is 0.259. The van der Waals surface area contributed by atoms with Gasteiger partial charge in [0, 0.05) is 5.02 Å². The molecule has 1 aliphatic rings. The highest BCUT2D eigenvalue weighted by Crippen LogP contribution is 2.30. The van der Waals surface area contributed by atoms with E-state index in [1.165, 1.54) is 4.90 Å². The van der Waals surface area contributed by atoms with Crippen LogP contribution < -0.4 is 5.32 Å². The van der Waals surface area contributed by atoms with Crippen LogP contribution in [0.4, 0.5) is 4.79 Å². The van der Waals surface area contributed by atoms with Gasteiger partial charge in [0.2, 0.25) is 0 Å². The van der Waals surface area contributed by atoms with E-state index in [9.17, 15) is 9.59 Å². The maximum atomic E-state index is 12.7. The van der Waals surface area contributed by atoms with Gasteiger partial charge in [0.05, 0.1) is 6.54 Å². The molecule has 1 N–H and O–H groups in total. The van der Waals surface area contributed by atoms with E-state index < -0.39 is 5.54 Å². The maximum Gasteiger partial charge on any atom is 0.325 e. The number of hydrogen-bond acceptors (Lipinski definition) is 2. The number of carbonyl (C=O) groups excluding carboxylic acids is 2. The van der Waals surface area contributed by atoms with Crippen molar-refractivity contribution in [1.29, 1.82) is 0 Å². The number of hydrogen-bond donors (Lipinski definition) is 1. The molecule has 0 bridgehead atoms. The molecule has 3 rings (SSSR count). The second kappa shape index (κ2) is 5.46. The lowest BCUT2D eigenvalue weighted by atomic mass is 9.92. The van der Waals surface area contributed by atoms with Gasteiger partial charge in [-0.3, -0.25) is 9.69 Å². The Kier molecular flexibility index (Phi) is 3.62. The third-order valence-electron chi connectivity index (χ3n) is 3.88. The summed E-state index contributed by atoms with van der Waals surface area (Å²) in [5, 5.41) is 3.37. The van der Waals surface area contributed by atoms with E-state index >= 15 is 0 Å². The molecule has 1 atom stereocenters. The summed E-state index contributed by atoms with van der Waals surface area (Å²) in [5.74, 6) is -0.260. The molecule has 2 aromatic rings. The van der Waals surface area contributed by atoms with Crippen LogP contribution in [0.25, 0.3) is 0 Å². The molecule has 3 amide bonds. The zero-order valence-electron chi connectivity index (χ0n) is 12.0. The summed E-state index contributed by atoms with van der Waals surface area (Å²) >= 11 is 5.88. The number of amides is 3. The highest BCUT2D eigenvalue weighted by Gasteiger charge is 2.48. The number of rotatable bonds is 3. The molecule has 0 saturated carbocycles. The Balaban J connectivity index is 1.89. The standard InChI is InChI=1S/C17H15ClN2O2/c1-17(13-7-9-14(18)10-8-13)15(21)20(16(22)19-17)11-12-5-3-2-4-6-12/h2-10H,11H2,1H3,(H,19,22)/t17-/m1/s1. The second-order valence-corrected chi connectivity index (χ2v) is 5.88. The molecule has 4 nitrogen and oxygen atoms in total. The first-order chi connectivity index (χ1) is 10.5. The third-order valence-corrected chi connectivity index (χ3v) is 4.13. The quantitative estimate of drug-likeness (QED) is 0.884. The van der Waals surface area contributed by atoms with Crippen LogP contribution in [0.3, 0.4) is 0 Å². The lowest BCUT2D eigenvalue weighted by Crippen LogP contribution is -2.40. The Morgan fingerprint density at radius 2 is 1.68 bits per heavy atom. The first kappa shape index (κ1) is 14.6. The van der Waals surface area contributed by atoms with Crippen molar-refractivity contribution >= 4 is 23.5 Å². The highest BCUT2D eigenvalue weighted by atomic mass is 35.5. The van der Waals surface area contributed by atoms with Crippen molar-refractivity contribution in [3.05, 3.63) is 70.7 Å². The highest BCUT2D eigenvalue weighted by molar-refractivity contribution is 6.30. The molecule has 22 heavy (non-hydrogen) atoms. The first-order valence-corrected chi connectivity index (χ1v) is 7.32. The van der Waals surface area contributed by atoms with Crippen LogP contribution in [-0.4, -0.2) is 16.8 Å². The van der Waals surface area contributed by atoms with E-state index in [1.807, 2.05) is 30.3 Å². The number of halogens is 1. The van der Waals surface area contributed by atoms with E-state index in [0.717, 1.165) is 5.56 Å². The summed E-state index contributed by atoms with van der Waals surface area (Å²) in [6.07, 6.45) is 0. The largest absolute Gasteiger partial charge is 0.325 e. The van der Waals surface area contributed by atoms with E-state index in [4.69, 9.17) is 11.6 Å². The Hall–Kier alpha value is -2.33. The number of urea groups is 1. The van der Waals surface area contributed by atoms with Gasteiger partial charge in [-0.25, -0.2) is 4.79 Å². The third kappa shape index (κ3) is 2.46. The topological polar surface area (TPSA) is 49.4 Å². The predicted molar refractivity (Wildman–Crippen MR) is 84.3 cm³/mol. The molecule has 0 radical (unpaired) electrons. The number of nitrogens with one attached hydrogen (secondary N) is 1. The lowest BCUT2D eigenvalue weighted by Gasteiger charge is -2.22. The number of imide groups is 1. The summed E-state index contributed by atoms with van der Waals surface area (Å²) in [6.45, 7) is 1.97. The van der Waals surface area contributed by atoms with Gasteiger partial charge in [0.15, 0.2) is 0 Å². The van der Waals surface area contributed by atoms with Crippen LogP contribution in [0.2, 0.25) is 5.02 Å². The van der Waals surface area contributed by atoms with Gasteiger partial charge in [-0.05, 0) is 30.2 Å². The minimum Gasteiger partial charge on any atom is -0.319 e. The molecular weight excluding hydrogens is 300 g/mol. The smallest absolute Gasteiger partial charge is 0.319 e. The summed E-state index contributed by atoms with van der Waals surface area (Å²) < 4.78 is 0. The van der Waals surface area contributed by atoms with E-state index in [2.05, 4.69) is 5.32 Å². The molecule has 0 aliphatic carbocycles. The van der Waals surface area contributed by atoms with Crippen LogP contribution in [0.5, 0.6) is 0 Å². The zero-order chi connectivity index (χ0) is 15.7. The van der Waals surface area contributed by atoms with Crippen LogP contribution >= 0.6 is 11.6 Å². The SMILES string of the molecule is C[C@]1(c2ccc(Cl)cc2)NC(=O)N(Cc2ccccc2)C1=O. The molecule has 0 spiro atoms. The average Bonchev–Trinajstić information content (AvgIpc) is 2.73. The first-order valence-electron chi connectivity index (χ1n) is 6.95. The van der Waals surface area contributed by atoms with Crippen molar-refractivity contribution in [3.63, 3.8) is 0 Å². The molecule has 1 aliphatic heterocycles. The Bertz CT molecular complexity index is 715. The van der Waals surface area contributed by atoms with Crippen LogP contribution in [0.15, 0.2) is 54.6 Å². The Labute approximate surface area is 133 Å². The van der Waals surface area contributed by atoms with Gasteiger partial charge in [-0.15, -0.1) is 0 Å². The van der Waals surface area contributed by atoms with E-state index in [1.54, 1.807) is 31.2 Å². The average molecular weight is 315 g/mol. The summed E-state index contributed by atoms with van der Waals surface area (Å²) in [6, 6.07) is 16.0. The molecule has 1 fully saturated rings. The fraction of sp³-hybridized carbons (Fsp3) is 0.176. The minimum atomic E-state index is -1.06. The van der Waals surface area contributed by atoms with Crippen molar-refractivity contribution in [3.8, 4) is 0 Å². The zero-order valence-corrected chi connectivity index (χ0v) is 12.8. The second-order valence-electron chi connectivity index (χ2n) is 5.44. The Morgan fingerprint density at radius 1 is 1.05 bits per heavy atom. The van der Waals surface area contributed by atoms with E-state index in [0.29, 0.717) is 10.6 Å². The molecule has 112 valence electrons. The van der Waals surface area contributed by atoms with E-state index in [-0.39, 0.29) is 18.5 Å². The molecular formula is C17H15ClN2O2. The van der Waals surface area contributed by atoms with Crippen LogP contribution in [-0.2, 0) is 16.9 Å². The summed E-state index contributed by atoms with van der Waals surface area (Å²) in [4.78, 5) is 26.2. The monoisotopic (exact) mass is 314 g/mol. The molecule has 0 aromatic heterocycles. The van der Waals surface area contributed by atoms with Crippen molar-refractivity contribution in [1.82, 2.24) is 10.2 Å². The van der Waals surface area contributed by atoms with Crippen LogP contribution in [0, 0.1) is 0 Å². The fourth-order valence-electron chi connectivity index (χ4n) is 2.59. The normalized spacial score (nSPS) is 21.1. The molecule has 5 heteroatoms. The van der Waals surface area contributed by atoms with Crippen molar-refractivity contribution in [2.75, 3.05) is 0 Å². The summed E-state index contributed by atoms with van der Waals surface area (Å²) in [7, 11) is 0. The lowest BCUT2D eigenvalue weighted by molar-refractivity contribution is -0.131. The fourth-order valence-corrected chi connectivity index (χ4v) is 2.71. The van der Waals surface area contributed by atoms with Gasteiger partial charge in [-0.2, -0.15) is 0 Å². The predicted octanol–water partition coefficient (Wildman–Crippen LogP) is 3.31. The van der Waals surface area contributed by atoms with Crippen molar-refractivity contribution in [2.24, 2.45) is 0 Å². The van der Waals surface area contributed by atoms with Crippen molar-refractivity contribution < 1.29 is 9.59 Å². The number of benzene rings is 2. The number of carbonyl (C=O) groups is 2. The van der Waals surface area contributed by atoms with Gasteiger partial charge in [-0.1, -0.05) is 54.1 Å². The van der Waals surface area contributed by atoms with Gasteiger partial charge >= 0.3 is 6.03 Å². The molecule has 1 heterocycles. The van der Waals surface area contributed by atoms with Crippen LogP contribution in [0.1, 0.15) is 18.1 Å². The molecule has 0 unspecified atom stereocenters. The Morgan fingerprint density at radius 3 is 2.32 bits per heavy atom. The molecule has 2 aromatic carbocycles. The van der Waals surface area contributed by atoms with Gasteiger partial charge in [0.1, 0.15) is 5.54 Å². The van der Waals surface area contributed by atoms with Gasteiger partial charge < -0.3 is 5.32 Å².